The van der Waals surface area contributed by atoms with E-state index in [1.165, 1.54) is 6.08 Å². The molecule has 0 heterocycles. The van der Waals surface area contributed by atoms with E-state index in [1.807, 2.05) is 6.92 Å². The van der Waals surface area contributed by atoms with Crippen molar-refractivity contribution in [1.29, 1.82) is 0 Å². The van der Waals surface area contributed by atoms with E-state index in [0.29, 0.717) is 6.61 Å². The Kier molecular flexibility index (Phi) is 4.13. The fourth-order valence-electron chi connectivity index (χ4n) is 0.368. The van der Waals surface area contributed by atoms with E-state index in [9.17, 15) is 5.11 Å². The molecule has 0 fully saturated rings. The standard InChI is InChI=1S/C6H11O2/c1-3-5-6(7)8-4-2/h5H,3-4H2,1-2H3. The van der Waals surface area contributed by atoms with Crippen LogP contribution in [0.5, 0.6) is 0 Å². The molecule has 0 aliphatic rings. The first-order chi connectivity index (χ1) is 3.81. The molecular formula is C6H11O2. The van der Waals surface area contributed by atoms with Crippen molar-refractivity contribution < 1.29 is 9.84 Å². The number of rotatable bonds is 3. The highest BCUT2D eigenvalue weighted by molar-refractivity contribution is 4.78. The van der Waals surface area contributed by atoms with Gasteiger partial charge in [0.2, 0.25) is 0 Å². The predicted molar refractivity (Wildman–Crippen MR) is 30.7 cm³/mol. The topological polar surface area (TPSA) is 29.1 Å². The summed E-state index contributed by atoms with van der Waals surface area (Å²) in [6.45, 7) is 4.16. The summed E-state index contributed by atoms with van der Waals surface area (Å²) in [5.41, 5.74) is 0. The Hall–Kier alpha value is -0.660. The van der Waals surface area contributed by atoms with Crippen LogP contribution in [-0.2, 0) is 9.84 Å². The quantitative estimate of drug-likeness (QED) is 0.515. The number of ether oxygens (including phenoxy) is 1. The molecule has 0 aromatic carbocycles. The van der Waals surface area contributed by atoms with E-state index >= 15 is 0 Å². The summed E-state index contributed by atoms with van der Waals surface area (Å²) in [5, 5.41) is 10.4. The fourth-order valence-corrected chi connectivity index (χ4v) is 0.368. The molecule has 0 aromatic rings. The van der Waals surface area contributed by atoms with Crippen LogP contribution in [0.25, 0.3) is 0 Å². The highest BCUT2D eigenvalue weighted by Gasteiger charge is 1.88. The lowest BCUT2D eigenvalue weighted by molar-refractivity contribution is 0.0588. The van der Waals surface area contributed by atoms with Gasteiger partial charge in [-0.1, -0.05) is 6.92 Å². The summed E-state index contributed by atoms with van der Waals surface area (Å²) < 4.78 is 4.59. The van der Waals surface area contributed by atoms with Crippen LogP contribution >= 0.6 is 0 Å². The van der Waals surface area contributed by atoms with Crippen molar-refractivity contribution in [2.24, 2.45) is 0 Å². The first kappa shape index (κ1) is 7.34. The minimum absolute atomic E-state index is 0.213. The van der Waals surface area contributed by atoms with Crippen molar-refractivity contribution in [2.45, 2.75) is 20.3 Å². The van der Waals surface area contributed by atoms with Gasteiger partial charge in [-0.3, -0.25) is 0 Å². The second-order valence-electron chi connectivity index (χ2n) is 1.36. The summed E-state index contributed by atoms with van der Waals surface area (Å²) in [5.74, 6) is -0.213. The minimum atomic E-state index is -0.213. The van der Waals surface area contributed by atoms with E-state index in [1.54, 1.807) is 6.92 Å². The van der Waals surface area contributed by atoms with Crippen molar-refractivity contribution in [3.05, 3.63) is 12.0 Å². The van der Waals surface area contributed by atoms with Crippen molar-refractivity contribution in [1.82, 2.24) is 0 Å². The molecule has 0 aliphatic carbocycles. The maximum atomic E-state index is 10.4. The van der Waals surface area contributed by atoms with Gasteiger partial charge in [0.1, 0.15) is 0 Å². The van der Waals surface area contributed by atoms with Gasteiger partial charge in [0.25, 0.3) is 0 Å². The van der Waals surface area contributed by atoms with Crippen molar-refractivity contribution in [2.75, 3.05) is 6.61 Å². The van der Waals surface area contributed by atoms with Crippen molar-refractivity contribution in [3.8, 4) is 0 Å². The molecule has 0 N–H and O–H groups in total. The zero-order valence-electron chi connectivity index (χ0n) is 5.31. The maximum absolute atomic E-state index is 10.4. The van der Waals surface area contributed by atoms with Gasteiger partial charge in [-0.05, 0) is 13.3 Å². The van der Waals surface area contributed by atoms with Crippen LogP contribution in [0.3, 0.4) is 0 Å². The molecule has 0 aromatic heterocycles. The second kappa shape index (κ2) is 4.50. The van der Waals surface area contributed by atoms with Crippen LogP contribution in [0.2, 0.25) is 0 Å². The molecule has 2 heteroatoms. The molecule has 0 saturated carbocycles. The lowest BCUT2D eigenvalue weighted by atomic mass is 10.5. The lowest BCUT2D eigenvalue weighted by Gasteiger charge is -1.93. The van der Waals surface area contributed by atoms with Crippen LogP contribution in [-0.4, -0.2) is 6.61 Å². The Morgan fingerprint density at radius 3 is 2.62 bits per heavy atom. The molecule has 0 amide bonds. The third kappa shape index (κ3) is 3.53. The summed E-state index contributed by atoms with van der Waals surface area (Å²) in [4.78, 5) is 0. The van der Waals surface area contributed by atoms with Gasteiger partial charge in [-0.2, -0.15) is 0 Å². The smallest absolute Gasteiger partial charge is 0.326 e. The third-order valence-corrected chi connectivity index (χ3v) is 0.657. The first-order valence-corrected chi connectivity index (χ1v) is 2.81. The molecule has 0 saturated heterocycles. The normalized spacial score (nSPS) is 11.5. The predicted octanol–water partition coefficient (Wildman–Crippen LogP) is 1.70. The number of hydrogen-bond donors (Lipinski definition) is 0. The van der Waals surface area contributed by atoms with Crippen LogP contribution in [0, 0.1) is 0 Å². The fraction of sp³-hybridized carbons (Fsp3) is 0.667. The van der Waals surface area contributed by atoms with Gasteiger partial charge in [0.15, 0.2) is 0 Å². The zero-order chi connectivity index (χ0) is 6.41. The van der Waals surface area contributed by atoms with Crippen LogP contribution in [0.15, 0.2) is 12.0 Å². The number of hydrogen-bond acceptors (Lipinski definition) is 1. The Labute approximate surface area is 49.8 Å². The Bertz CT molecular complexity index is 76.6. The molecule has 0 bridgehead atoms. The lowest BCUT2D eigenvalue weighted by Crippen LogP contribution is -1.86. The summed E-state index contributed by atoms with van der Waals surface area (Å²) in [7, 11) is 0. The minimum Gasteiger partial charge on any atom is -0.463 e. The summed E-state index contributed by atoms with van der Waals surface area (Å²) in [6, 6.07) is 0. The first-order valence-electron chi connectivity index (χ1n) is 2.81. The van der Waals surface area contributed by atoms with Gasteiger partial charge in [0, 0.05) is 6.08 Å². The van der Waals surface area contributed by atoms with E-state index in [4.69, 9.17) is 0 Å². The molecule has 0 rings (SSSR count). The van der Waals surface area contributed by atoms with Gasteiger partial charge in [0.05, 0.1) is 6.61 Å². The second-order valence-corrected chi connectivity index (χ2v) is 1.36. The Morgan fingerprint density at radius 1 is 1.62 bits per heavy atom. The largest absolute Gasteiger partial charge is 0.463 e. The average Bonchev–Trinajstić information content (AvgIpc) is 1.68. The highest BCUT2D eigenvalue weighted by Crippen LogP contribution is 1.92. The van der Waals surface area contributed by atoms with Crippen molar-refractivity contribution >= 4 is 0 Å². The van der Waals surface area contributed by atoms with Gasteiger partial charge >= 0.3 is 5.95 Å². The third-order valence-electron chi connectivity index (χ3n) is 0.657. The van der Waals surface area contributed by atoms with Crippen molar-refractivity contribution in [3.63, 3.8) is 0 Å². The van der Waals surface area contributed by atoms with Crippen LogP contribution < -0.4 is 0 Å². The Balaban J connectivity index is 3.29. The van der Waals surface area contributed by atoms with Gasteiger partial charge in [-0.15, -0.1) is 0 Å². The average molecular weight is 115 g/mol. The highest BCUT2D eigenvalue weighted by atomic mass is 16.6. The molecule has 1 radical (unpaired) electrons. The van der Waals surface area contributed by atoms with Crippen LogP contribution in [0.1, 0.15) is 20.3 Å². The number of allylic oxidation sites excluding steroid dienone is 1. The maximum Gasteiger partial charge on any atom is 0.326 e. The molecular weight excluding hydrogens is 104 g/mol. The molecule has 0 aliphatic heterocycles. The van der Waals surface area contributed by atoms with Gasteiger partial charge < -0.3 is 4.74 Å². The molecule has 0 atom stereocenters. The zero-order valence-corrected chi connectivity index (χ0v) is 5.31. The van der Waals surface area contributed by atoms with Crippen LogP contribution in [0.4, 0.5) is 0 Å². The monoisotopic (exact) mass is 115 g/mol. The van der Waals surface area contributed by atoms with Gasteiger partial charge in [-0.25, -0.2) is 5.11 Å². The Morgan fingerprint density at radius 2 is 2.25 bits per heavy atom. The SMILES string of the molecule is CCC=C([O])OCC. The van der Waals surface area contributed by atoms with E-state index in [-0.39, 0.29) is 5.95 Å². The molecule has 47 valence electrons. The van der Waals surface area contributed by atoms with E-state index in [0.717, 1.165) is 6.42 Å². The summed E-state index contributed by atoms with van der Waals surface area (Å²) >= 11 is 0. The molecule has 8 heavy (non-hydrogen) atoms. The van der Waals surface area contributed by atoms with E-state index < -0.39 is 0 Å². The molecule has 0 spiro atoms. The summed E-state index contributed by atoms with van der Waals surface area (Å²) in [6.07, 6.45) is 2.27. The molecule has 2 nitrogen and oxygen atoms in total. The molecule has 0 unspecified atom stereocenters. The van der Waals surface area contributed by atoms with E-state index in [2.05, 4.69) is 4.74 Å².